The molecule has 3 aliphatic rings. The van der Waals surface area contributed by atoms with Gasteiger partial charge in [-0.2, -0.15) is 0 Å². The molecule has 3 heterocycles. The van der Waals surface area contributed by atoms with Crippen LogP contribution in [-0.4, -0.2) is 95.4 Å². The van der Waals surface area contributed by atoms with E-state index in [9.17, 15) is 9.59 Å². The van der Waals surface area contributed by atoms with Crippen LogP contribution in [-0.2, 0) is 4.79 Å². The van der Waals surface area contributed by atoms with Gasteiger partial charge in [0.25, 0.3) is 0 Å². The van der Waals surface area contributed by atoms with Gasteiger partial charge >= 0.3 is 6.03 Å². The van der Waals surface area contributed by atoms with E-state index in [1.807, 2.05) is 22.9 Å². The summed E-state index contributed by atoms with van der Waals surface area (Å²) in [6, 6.07) is 0.396. The molecule has 1 N–H and O–H groups in total. The number of likely N-dealkylation sites (tertiary alicyclic amines) is 2. The van der Waals surface area contributed by atoms with Crippen LogP contribution in [0, 0.1) is 5.92 Å². The average Bonchev–Trinajstić information content (AvgIpc) is 3.58. The van der Waals surface area contributed by atoms with Gasteiger partial charge in [0, 0.05) is 50.4 Å². The summed E-state index contributed by atoms with van der Waals surface area (Å²) in [5.41, 5.74) is 0. The number of amides is 3. The van der Waals surface area contributed by atoms with E-state index in [4.69, 9.17) is 0 Å². The Balaban J connectivity index is 1.32. The number of nitrogens with one attached hydrogen (secondary N) is 1. The summed E-state index contributed by atoms with van der Waals surface area (Å²) in [6.45, 7) is 11.4. The van der Waals surface area contributed by atoms with E-state index in [1.165, 1.54) is 25.9 Å². The van der Waals surface area contributed by atoms with Crippen LogP contribution in [0.4, 0.5) is 9.93 Å². The van der Waals surface area contributed by atoms with E-state index in [1.54, 1.807) is 11.3 Å². The van der Waals surface area contributed by atoms with Crippen LogP contribution >= 0.6 is 23.1 Å². The lowest BCUT2D eigenvalue weighted by Gasteiger charge is -2.44. The zero-order valence-corrected chi connectivity index (χ0v) is 24.0. The molecule has 37 heavy (non-hydrogen) atoms. The highest BCUT2D eigenvalue weighted by Gasteiger charge is 2.35. The van der Waals surface area contributed by atoms with Crippen LogP contribution in [0.3, 0.4) is 0 Å². The zero-order chi connectivity index (χ0) is 26.0. The van der Waals surface area contributed by atoms with Gasteiger partial charge in [-0.3, -0.25) is 10.1 Å². The van der Waals surface area contributed by atoms with Crippen molar-refractivity contribution in [2.75, 3.05) is 50.3 Å². The second kappa shape index (κ2) is 14.5. The molecule has 206 valence electrons. The second-order valence-electron chi connectivity index (χ2n) is 10.8. The number of piperidine rings is 1. The molecule has 3 amide bonds. The van der Waals surface area contributed by atoms with Gasteiger partial charge in [0.2, 0.25) is 5.91 Å². The number of anilines is 1. The molecule has 3 fully saturated rings. The Bertz CT molecular complexity index is 874. The molecular formula is C27H44N6O2S2. The third kappa shape index (κ3) is 8.42. The van der Waals surface area contributed by atoms with Crippen molar-refractivity contribution in [2.45, 2.75) is 87.4 Å². The number of nitrogens with zero attached hydrogens (tertiary/aromatic N) is 5. The number of hydrogen-bond donors (Lipinski definition) is 1. The number of thiazole rings is 1. The lowest BCUT2D eigenvalue weighted by Crippen LogP contribution is -2.54. The molecule has 0 atom stereocenters. The van der Waals surface area contributed by atoms with Crippen molar-refractivity contribution in [3.05, 3.63) is 6.20 Å². The molecule has 0 bridgehead atoms. The number of aliphatic imine (C=N–C) groups is 1. The Morgan fingerprint density at radius 2 is 1.84 bits per heavy atom. The van der Waals surface area contributed by atoms with Crippen LogP contribution in [0.25, 0.3) is 0 Å². The predicted molar refractivity (Wildman–Crippen MR) is 154 cm³/mol. The molecule has 1 aliphatic carbocycles. The molecule has 2 saturated heterocycles. The van der Waals surface area contributed by atoms with E-state index >= 15 is 0 Å². The summed E-state index contributed by atoms with van der Waals surface area (Å²) in [4.78, 5) is 41.2. The molecule has 1 saturated carbocycles. The van der Waals surface area contributed by atoms with Gasteiger partial charge in [-0.25, -0.2) is 9.78 Å². The number of thioether (sulfide) groups is 1. The summed E-state index contributed by atoms with van der Waals surface area (Å²) in [7, 11) is 0. The van der Waals surface area contributed by atoms with Crippen LogP contribution in [0.5, 0.6) is 0 Å². The number of urea groups is 1. The maximum absolute atomic E-state index is 13.7. The number of rotatable bonds is 11. The van der Waals surface area contributed by atoms with E-state index in [2.05, 4.69) is 38.7 Å². The highest BCUT2D eigenvalue weighted by atomic mass is 32.2. The third-order valence-electron chi connectivity index (χ3n) is 8.08. The number of carbonyl (C=O) groups excluding carboxylic acids is 2. The maximum atomic E-state index is 13.7. The predicted octanol–water partition coefficient (Wildman–Crippen LogP) is 5.22. The first-order chi connectivity index (χ1) is 18.0. The summed E-state index contributed by atoms with van der Waals surface area (Å²) in [5, 5.41) is 3.83. The maximum Gasteiger partial charge on any atom is 0.324 e. The summed E-state index contributed by atoms with van der Waals surface area (Å²) in [6.07, 6.45) is 11.9. The van der Waals surface area contributed by atoms with Crippen molar-refractivity contribution in [2.24, 2.45) is 10.9 Å². The molecular weight excluding hydrogens is 504 g/mol. The minimum absolute atomic E-state index is 0.0237. The molecule has 0 unspecified atom stereocenters. The first-order valence-corrected chi connectivity index (χ1v) is 15.9. The fourth-order valence-electron chi connectivity index (χ4n) is 5.87. The van der Waals surface area contributed by atoms with E-state index in [0.717, 1.165) is 67.4 Å². The monoisotopic (exact) mass is 548 g/mol. The molecule has 4 rings (SSSR count). The van der Waals surface area contributed by atoms with Gasteiger partial charge in [-0.05, 0) is 83.5 Å². The first-order valence-electron chi connectivity index (χ1n) is 14.1. The summed E-state index contributed by atoms with van der Waals surface area (Å²) >= 11 is 3.41. The van der Waals surface area contributed by atoms with Crippen molar-refractivity contribution in [3.63, 3.8) is 0 Å². The molecule has 0 radical (unpaired) electrons. The number of aromatic nitrogens is 1. The quantitative estimate of drug-likeness (QED) is 0.233. The SMILES string of the molecule is C=NCCCC(=O)N1CCC(N(C(=O)Nc2ncc(SCCN3CCCC3)s2)C2CCC(C)CC2)CC1. The van der Waals surface area contributed by atoms with Crippen LogP contribution in [0.1, 0.15) is 71.1 Å². The van der Waals surface area contributed by atoms with Crippen molar-refractivity contribution in [3.8, 4) is 0 Å². The minimum atomic E-state index is -0.0237. The van der Waals surface area contributed by atoms with E-state index in [0.29, 0.717) is 31.2 Å². The summed E-state index contributed by atoms with van der Waals surface area (Å²) in [5.74, 6) is 1.98. The second-order valence-corrected chi connectivity index (χ2v) is 13.2. The van der Waals surface area contributed by atoms with Gasteiger partial charge < -0.3 is 19.7 Å². The highest BCUT2D eigenvalue weighted by Crippen LogP contribution is 2.33. The third-order valence-corrected chi connectivity index (χ3v) is 10.2. The van der Waals surface area contributed by atoms with Crippen molar-refractivity contribution >= 4 is 46.9 Å². The Morgan fingerprint density at radius 3 is 2.54 bits per heavy atom. The molecule has 0 spiro atoms. The Kier molecular flexibility index (Phi) is 11.1. The average molecular weight is 549 g/mol. The lowest BCUT2D eigenvalue weighted by molar-refractivity contribution is -0.132. The van der Waals surface area contributed by atoms with E-state index < -0.39 is 0 Å². The normalized spacial score (nSPS) is 23.2. The molecule has 10 heteroatoms. The van der Waals surface area contributed by atoms with Gasteiger partial charge in [0.15, 0.2) is 5.13 Å². The fraction of sp³-hybridized carbons (Fsp3) is 0.778. The van der Waals surface area contributed by atoms with Crippen molar-refractivity contribution in [1.29, 1.82) is 0 Å². The topological polar surface area (TPSA) is 81.1 Å². The molecule has 8 nitrogen and oxygen atoms in total. The van der Waals surface area contributed by atoms with Crippen molar-refractivity contribution < 1.29 is 9.59 Å². The highest BCUT2D eigenvalue weighted by molar-refractivity contribution is 8.01. The summed E-state index contributed by atoms with van der Waals surface area (Å²) < 4.78 is 1.16. The molecule has 1 aromatic rings. The molecule has 0 aromatic carbocycles. The van der Waals surface area contributed by atoms with Gasteiger partial charge in [-0.1, -0.05) is 18.3 Å². The van der Waals surface area contributed by atoms with Crippen LogP contribution < -0.4 is 5.32 Å². The van der Waals surface area contributed by atoms with Crippen LogP contribution in [0.2, 0.25) is 0 Å². The largest absolute Gasteiger partial charge is 0.343 e. The van der Waals surface area contributed by atoms with E-state index in [-0.39, 0.29) is 24.0 Å². The van der Waals surface area contributed by atoms with Crippen molar-refractivity contribution in [1.82, 2.24) is 19.7 Å². The fourth-order valence-corrected chi connectivity index (χ4v) is 7.81. The Hall–Kier alpha value is -1.65. The lowest BCUT2D eigenvalue weighted by atomic mass is 9.85. The van der Waals surface area contributed by atoms with Crippen LogP contribution in [0.15, 0.2) is 15.4 Å². The smallest absolute Gasteiger partial charge is 0.324 e. The number of carbonyl (C=O) groups is 2. The molecule has 2 aliphatic heterocycles. The standard InChI is InChI=1S/C27H44N6O2S2/c1-21-7-9-22(10-8-21)33(23-11-16-32(17-12-23)24(34)6-5-13-28-2)27(35)30-26-29-20-25(37-26)36-19-18-31-14-3-4-15-31/h20-23H,2-19H2,1H3,(H,29,30,35). The first kappa shape index (κ1) is 28.4. The van der Waals surface area contributed by atoms with Gasteiger partial charge in [0.05, 0.1) is 10.4 Å². The van der Waals surface area contributed by atoms with Gasteiger partial charge in [0.1, 0.15) is 0 Å². The Labute approximate surface area is 230 Å². The molecule has 1 aromatic heterocycles. The minimum Gasteiger partial charge on any atom is -0.343 e. The zero-order valence-electron chi connectivity index (χ0n) is 22.4. The van der Waals surface area contributed by atoms with Gasteiger partial charge in [-0.15, -0.1) is 11.8 Å². The Morgan fingerprint density at radius 1 is 1.14 bits per heavy atom. The number of hydrogen-bond acceptors (Lipinski definition) is 7.